The Kier molecular flexibility index (Phi) is 3.60. The van der Waals surface area contributed by atoms with Gasteiger partial charge in [0.15, 0.2) is 0 Å². The van der Waals surface area contributed by atoms with E-state index < -0.39 is 0 Å². The van der Waals surface area contributed by atoms with Crippen LogP contribution in [0.1, 0.15) is 30.9 Å². The van der Waals surface area contributed by atoms with E-state index in [1.54, 1.807) is 0 Å². The zero-order valence-corrected chi connectivity index (χ0v) is 12.2. The zero-order chi connectivity index (χ0) is 13.9. The molecule has 1 heteroatoms. The molecule has 3 aromatic rings. The van der Waals surface area contributed by atoms with Crippen LogP contribution in [0.15, 0.2) is 48.5 Å². The van der Waals surface area contributed by atoms with Gasteiger partial charge in [-0.05, 0) is 37.0 Å². The number of aromatic nitrogens is 1. The maximum absolute atomic E-state index is 3.61. The lowest BCUT2D eigenvalue weighted by Crippen LogP contribution is -1.88. The smallest absolute Gasteiger partial charge is 0.0497 e. The average molecular weight is 263 g/mol. The summed E-state index contributed by atoms with van der Waals surface area (Å²) in [6.07, 6.45) is 3.61. The second-order valence-corrected chi connectivity index (χ2v) is 5.49. The van der Waals surface area contributed by atoms with E-state index in [1.165, 1.54) is 46.1 Å². The summed E-state index contributed by atoms with van der Waals surface area (Å²) in [4.78, 5) is 3.61. The minimum Gasteiger partial charge on any atom is -0.354 e. The minimum absolute atomic E-state index is 1.14. The predicted octanol–water partition coefficient (Wildman–Crippen LogP) is 5.49. The SMILES string of the molecule is CCCCc1c(-c2ccc(C)cc2)[nH]c2ccccc12. The molecule has 0 unspecified atom stereocenters. The van der Waals surface area contributed by atoms with Gasteiger partial charge in [-0.15, -0.1) is 0 Å². The topological polar surface area (TPSA) is 15.8 Å². The van der Waals surface area contributed by atoms with Gasteiger partial charge in [-0.2, -0.15) is 0 Å². The largest absolute Gasteiger partial charge is 0.354 e. The number of hydrogen-bond donors (Lipinski definition) is 1. The van der Waals surface area contributed by atoms with Crippen LogP contribution in [0.4, 0.5) is 0 Å². The molecule has 1 nitrogen and oxygen atoms in total. The van der Waals surface area contributed by atoms with Crippen LogP contribution in [0.2, 0.25) is 0 Å². The Bertz CT molecular complexity index is 704. The number of aromatic amines is 1. The summed E-state index contributed by atoms with van der Waals surface area (Å²) >= 11 is 0. The molecule has 0 bridgehead atoms. The van der Waals surface area contributed by atoms with Gasteiger partial charge in [-0.1, -0.05) is 61.4 Å². The molecule has 102 valence electrons. The van der Waals surface area contributed by atoms with E-state index in [4.69, 9.17) is 0 Å². The molecule has 1 heterocycles. The Morgan fingerprint density at radius 2 is 1.70 bits per heavy atom. The molecule has 0 aliphatic rings. The maximum atomic E-state index is 3.61. The summed E-state index contributed by atoms with van der Waals surface area (Å²) in [5, 5.41) is 1.37. The molecule has 3 rings (SSSR count). The Balaban J connectivity index is 2.15. The molecule has 0 fully saturated rings. The van der Waals surface area contributed by atoms with Gasteiger partial charge in [-0.3, -0.25) is 0 Å². The van der Waals surface area contributed by atoms with Crippen molar-refractivity contribution >= 4 is 10.9 Å². The van der Waals surface area contributed by atoms with Gasteiger partial charge < -0.3 is 4.98 Å². The van der Waals surface area contributed by atoms with Gasteiger partial charge in [0.05, 0.1) is 0 Å². The van der Waals surface area contributed by atoms with Crippen LogP contribution in [0.25, 0.3) is 22.2 Å². The second kappa shape index (κ2) is 5.54. The summed E-state index contributed by atoms with van der Waals surface area (Å²) in [5.74, 6) is 0. The van der Waals surface area contributed by atoms with E-state index in [0.29, 0.717) is 0 Å². The maximum Gasteiger partial charge on any atom is 0.0497 e. The minimum atomic E-state index is 1.14. The lowest BCUT2D eigenvalue weighted by Gasteiger charge is -2.05. The van der Waals surface area contributed by atoms with E-state index >= 15 is 0 Å². The Morgan fingerprint density at radius 1 is 0.950 bits per heavy atom. The Labute approximate surface area is 120 Å². The highest BCUT2D eigenvalue weighted by molar-refractivity contribution is 5.90. The third-order valence-corrected chi connectivity index (χ3v) is 3.93. The highest BCUT2D eigenvalue weighted by Crippen LogP contribution is 2.31. The third kappa shape index (κ3) is 2.36. The summed E-state index contributed by atoms with van der Waals surface area (Å²) in [7, 11) is 0. The molecule has 20 heavy (non-hydrogen) atoms. The normalized spacial score (nSPS) is 11.1. The summed E-state index contributed by atoms with van der Waals surface area (Å²) in [5.41, 5.74) is 6.60. The molecule has 0 saturated heterocycles. The number of nitrogens with one attached hydrogen (secondary N) is 1. The van der Waals surface area contributed by atoms with Crippen LogP contribution < -0.4 is 0 Å². The lowest BCUT2D eigenvalue weighted by molar-refractivity contribution is 0.800. The number of aryl methyl sites for hydroxylation is 2. The van der Waals surface area contributed by atoms with Crippen molar-refractivity contribution in [2.24, 2.45) is 0 Å². The van der Waals surface area contributed by atoms with Crippen molar-refractivity contribution in [3.05, 3.63) is 59.7 Å². The standard InChI is InChI=1S/C19H21N/c1-3-4-7-17-16-8-5-6-9-18(16)20-19(17)15-12-10-14(2)11-13-15/h5-6,8-13,20H,3-4,7H2,1-2H3. The zero-order valence-electron chi connectivity index (χ0n) is 12.2. The monoisotopic (exact) mass is 263 g/mol. The number of unbranched alkanes of at least 4 members (excludes halogenated alkanes) is 1. The first-order valence-corrected chi connectivity index (χ1v) is 7.46. The Morgan fingerprint density at radius 3 is 2.45 bits per heavy atom. The first-order chi connectivity index (χ1) is 9.79. The van der Waals surface area contributed by atoms with Crippen molar-refractivity contribution in [1.82, 2.24) is 4.98 Å². The fraction of sp³-hybridized carbons (Fsp3) is 0.263. The molecule has 1 N–H and O–H groups in total. The number of hydrogen-bond acceptors (Lipinski definition) is 0. The summed E-state index contributed by atoms with van der Waals surface area (Å²) in [6.45, 7) is 4.38. The summed E-state index contributed by atoms with van der Waals surface area (Å²) in [6, 6.07) is 17.4. The molecule has 0 saturated carbocycles. The van der Waals surface area contributed by atoms with Gasteiger partial charge in [0.25, 0.3) is 0 Å². The predicted molar refractivity (Wildman–Crippen MR) is 87.1 cm³/mol. The van der Waals surface area contributed by atoms with Crippen molar-refractivity contribution in [1.29, 1.82) is 0 Å². The number of para-hydroxylation sites is 1. The number of benzene rings is 2. The molecule has 0 amide bonds. The number of rotatable bonds is 4. The first-order valence-electron chi connectivity index (χ1n) is 7.46. The summed E-state index contributed by atoms with van der Waals surface area (Å²) < 4.78 is 0. The molecular formula is C19H21N. The molecular weight excluding hydrogens is 242 g/mol. The molecule has 0 aliphatic carbocycles. The van der Waals surface area contributed by atoms with Crippen LogP contribution >= 0.6 is 0 Å². The first kappa shape index (κ1) is 13.0. The van der Waals surface area contributed by atoms with Crippen LogP contribution in [0, 0.1) is 6.92 Å². The lowest BCUT2D eigenvalue weighted by atomic mass is 10.00. The van der Waals surface area contributed by atoms with E-state index in [9.17, 15) is 0 Å². The van der Waals surface area contributed by atoms with Gasteiger partial charge >= 0.3 is 0 Å². The molecule has 0 atom stereocenters. The van der Waals surface area contributed by atoms with Crippen molar-refractivity contribution in [2.75, 3.05) is 0 Å². The highest BCUT2D eigenvalue weighted by atomic mass is 14.7. The van der Waals surface area contributed by atoms with Crippen LogP contribution in [0.3, 0.4) is 0 Å². The van der Waals surface area contributed by atoms with Gasteiger partial charge in [0, 0.05) is 16.6 Å². The average Bonchev–Trinajstić information content (AvgIpc) is 2.84. The van der Waals surface area contributed by atoms with E-state index in [2.05, 4.69) is 67.4 Å². The fourth-order valence-corrected chi connectivity index (χ4v) is 2.78. The van der Waals surface area contributed by atoms with E-state index in [-0.39, 0.29) is 0 Å². The third-order valence-electron chi connectivity index (χ3n) is 3.93. The van der Waals surface area contributed by atoms with Gasteiger partial charge in [-0.25, -0.2) is 0 Å². The van der Waals surface area contributed by atoms with Crippen LogP contribution in [0.5, 0.6) is 0 Å². The van der Waals surface area contributed by atoms with Crippen molar-refractivity contribution < 1.29 is 0 Å². The van der Waals surface area contributed by atoms with Crippen LogP contribution in [-0.2, 0) is 6.42 Å². The molecule has 1 aromatic heterocycles. The number of fused-ring (bicyclic) bond motifs is 1. The van der Waals surface area contributed by atoms with Crippen LogP contribution in [-0.4, -0.2) is 4.98 Å². The fourth-order valence-electron chi connectivity index (χ4n) is 2.78. The van der Waals surface area contributed by atoms with E-state index in [1.807, 2.05) is 0 Å². The molecule has 0 aliphatic heterocycles. The van der Waals surface area contributed by atoms with Crippen molar-refractivity contribution in [3.63, 3.8) is 0 Å². The second-order valence-electron chi connectivity index (χ2n) is 5.49. The quantitative estimate of drug-likeness (QED) is 0.641. The highest BCUT2D eigenvalue weighted by Gasteiger charge is 2.12. The van der Waals surface area contributed by atoms with Crippen molar-refractivity contribution in [2.45, 2.75) is 33.1 Å². The van der Waals surface area contributed by atoms with Crippen molar-refractivity contribution in [3.8, 4) is 11.3 Å². The molecule has 0 radical (unpaired) electrons. The molecule has 0 spiro atoms. The Hall–Kier alpha value is -2.02. The van der Waals surface area contributed by atoms with Gasteiger partial charge in [0.2, 0.25) is 0 Å². The van der Waals surface area contributed by atoms with Gasteiger partial charge in [0.1, 0.15) is 0 Å². The molecule has 2 aromatic carbocycles. The van der Waals surface area contributed by atoms with E-state index in [0.717, 1.165) is 6.42 Å². The number of H-pyrrole nitrogens is 1.